The molecule has 0 bridgehead atoms. The van der Waals surface area contributed by atoms with Gasteiger partial charge in [-0.15, -0.1) is 0 Å². The second kappa shape index (κ2) is 8.66. The number of benzene rings is 1. The molecule has 0 aliphatic carbocycles. The Hall–Kier alpha value is -2.57. The van der Waals surface area contributed by atoms with Gasteiger partial charge in [0.1, 0.15) is 5.75 Å². The maximum Gasteiger partial charge on any atom is 0.338 e. The van der Waals surface area contributed by atoms with E-state index in [4.69, 9.17) is 15.2 Å². The molecule has 7 heteroatoms. The van der Waals surface area contributed by atoms with Gasteiger partial charge in [-0.3, -0.25) is 9.59 Å². The van der Waals surface area contributed by atoms with Crippen LogP contribution in [0.4, 0.5) is 0 Å². The Morgan fingerprint density at radius 1 is 1.23 bits per heavy atom. The zero-order chi connectivity index (χ0) is 16.5. The minimum atomic E-state index is -0.871. The highest BCUT2D eigenvalue weighted by Crippen LogP contribution is 2.13. The highest BCUT2D eigenvalue weighted by molar-refractivity contribution is 5.92. The lowest BCUT2D eigenvalue weighted by Gasteiger charge is -2.13. The van der Waals surface area contributed by atoms with Gasteiger partial charge < -0.3 is 20.5 Å². The number of carbonyl (C=O) groups excluding carboxylic acids is 3. The van der Waals surface area contributed by atoms with E-state index in [2.05, 4.69) is 5.32 Å². The van der Waals surface area contributed by atoms with Crippen LogP contribution in [0.25, 0.3) is 0 Å². The van der Waals surface area contributed by atoms with Gasteiger partial charge in [-0.2, -0.15) is 0 Å². The van der Waals surface area contributed by atoms with E-state index < -0.39 is 18.0 Å². The highest BCUT2D eigenvalue weighted by Gasteiger charge is 2.18. The maximum atomic E-state index is 11.9. The Morgan fingerprint density at radius 2 is 1.86 bits per heavy atom. The minimum absolute atomic E-state index is 0.238. The molecule has 1 rings (SSSR count). The summed E-state index contributed by atoms with van der Waals surface area (Å²) in [5.41, 5.74) is 5.24. The Kier molecular flexibility index (Phi) is 6.88. The first-order valence-electron chi connectivity index (χ1n) is 6.94. The van der Waals surface area contributed by atoms with Gasteiger partial charge in [0.25, 0.3) is 11.8 Å². The lowest BCUT2D eigenvalue weighted by Crippen LogP contribution is -2.36. The number of amides is 2. The van der Waals surface area contributed by atoms with Crippen LogP contribution < -0.4 is 15.8 Å². The van der Waals surface area contributed by atoms with E-state index in [0.29, 0.717) is 12.3 Å². The van der Waals surface area contributed by atoms with Crippen molar-refractivity contribution in [2.24, 2.45) is 5.73 Å². The molecule has 120 valence electrons. The number of hydrogen-bond donors (Lipinski definition) is 2. The van der Waals surface area contributed by atoms with Gasteiger partial charge >= 0.3 is 5.97 Å². The Bertz CT molecular complexity index is 527. The van der Waals surface area contributed by atoms with Crippen LogP contribution >= 0.6 is 0 Å². The number of esters is 1. The number of rotatable bonds is 8. The summed E-state index contributed by atoms with van der Waals surface area (Å²) in [5, 5.41) is 2.65. The first-order chi connectivity index (χ1) is 10.4. The van der Waals surface area contributed by atoms with Gasteiger partial charge in [0, 0.05) is 6.54 Å². The number of primary amides is 1. The van der Waals surface area contributed by atoms with Crippen molar-refractivity contribution in [1.82, 2.24) is 5.32 Å². The fraction of sp³-hybridized carbons (Fsp3) is 0.400. The van der Waals surface area contributed by atoms with Crippen molar-refractivity contribution < 1.29 is 23.9 Å². The second-order valence-electron chi connectivity index (χ2n) is 4.62. The fourth-order valence-electron chi connectivity index (χ4n) is 1.52. The molecule has 0 spiro atoms. The Morgan fingerprint density at radius 3 is 2.41 bits per heavy atom. The molecule has 7 nitrogen and oxygen atoms in total. The van der Waals surface area contributed by atoms with Gasteiger partial charge in [-0.05, 0) is 37.6 Å². The van der Waals surface area contributed by atoms with Crippen molar-refractivity contribution in [2.75, 3.05) is 13.2 Å². The minimum Gasteiger partial charge on any atom is -0.484 e. The summed E-state index contributed by atoms with van der Waals surface area (Å²) in [4.78, 5) is 34.1. The van der Waals surface area contributed by atoms with Crippen LogP contribution in [0.2, 0.25) is 0 Å². The van der Waals surface area contributed by atoms with Crippen LogP contribution in [-0.4, -0.2) is 37.0 Å². The molecule has 22 heavy (non-hydrogen) atoms. The zero-order valence-electron chi connectivity index (χ0n) is 12.6. The first-order valence-corrected chi connectivity index (χ1v) is 6.94. The molecule has 0 heterocycles. The summed E-state index contributed by atoms with van der Waals surface area (Å²) in [6.07, 6.45) is -0.0658. The molecule has 1 atom stereocenters. The first kappa shape index (κ1) is 17.5. The summed E-state index contributed by atoms with van der Waals surface area (Å²) < 4.78 is 10.1. The normalized spacial score (nSPS) is 11.4. The summed E-state index contributed by atoms with van der Waals surface area (Å²) in [7, 11) is 0. The Balaban J connectivity index is 2.54. The quantitative estimate of drug-likeness (QED) is 0.685. The third kappa shape index (κ3) is 5.82. The number of ether oxygens (including phenoxy) is 2. The van der Waals surface area contributed by atoms with Crippen molar-refractivity contribution in [1.29, 1.82) is 0 Å². The molecule has 0 aliphatic heterocycles. The molecule has 0 saturated carbocycles. The monoisotopic (exact) mass is 308 g/mol. The van der Waals surface area contributed by atoms with Gasteiger partial charge in [-0.1, -0.05) is 6.92 Å². The molecule has 0 unspecified atom stereocenters. The van der Waals surface area contributed by atoms with Crippen LogP contribution in [0.5, 0.6) is 5.75 Å². The summed E-state index contributed by atoms with van der Waals surface area (Å²) in [5.74, 6) is -1.13. The highest BCUT2D eigenvalue weighted by atomic mass is 16.5. The predicted molar refractivity (Wildman–Crippen MR) is 79.3 cm³/mol. The molecule has 3 N–H and O–H groups in total. The maximum absolute atomic E-state index is 11.9. The van der Waals surface area contributed by atoms with E-state index in [1.807, 2.05) is 6.92 Å². The largest absolute Gasteiger partial charge is 0.484 e. The fourth-order valence-corrected chi connectivity index (χ4v) is 1.52. The molecule has 1 aromatic carbocycles. The summed E-state index contributed by atoms with van der Waals surface area (Å²) >= 11 is 0. The van der Waals surface area contributed by atoms with E-state index in [0.717, 1.165) is 6.42 Å². The number of nitrogens with one attached hydrogen (secondary N) is 1. The van der Waals surface area contributed by atoms with E-state index in [1.54, 1.807) is 0 Å². The van der Waals surface area contributed by atoms with Crippen LogP contribution in [0.1, 0.15) is 30.6 Å². The average molecular weight is 308 g/mol. The predicted octanol–water partition coefficient (Wildman–Crippen LogP) is 0.622. The van der Waals surface area contributed by atoms with Crippen molar-refractivity contribution in [3.8, 4) is 5.75 Å². The van der Waals surface area contributed by atoms with Crippen molar-refractivity contribution in [3.63, 3.8) is 0 Å². The van der Waals surface area contributed by atoms with E-state index >= 15 is 0 Å². The van der Waals surface area contributed by atoms with Crippen LogP contribution in [0, 0.1) is 0 Å². The lowest BCUT2D eigenvalue weighted by molar-refractivity contribution is -0.129. The SMILES string of the molecule is CCCNC(=O)[C@@H](C)OC(=O)c1ccc(OCC(N)=O)cc1. The standard InChI is InChI=1S/C15H20N2O5/c1-3-8-17-14(19)10(2)22-15(20)11-4-6-12(7-5-11)21-9-13(16)18/h4-7,10H,3,8-9H2,1-2H3,(H2,16,18)(H,17,19)/t10-/m1/s1. The molecule has 0 radical (unpaired) electrons. The van der Waals surface area contributed by atoms with Crippen molar-refractivity contribution in [2.45, 2.75) is 26.4 Å². The van der Waals surface area contributed by atoms with E-state index in [1.165, 1.54) is 31.2 Å². The van der Waals surface area contributed by atoms with E-state index in [-0.39, 0.29) is 18.1 Å². The molecule has 0 saturated heterocycles. The average Bonchev–Trinajstić information content (AvgIpc) is 2.50. The smallest absolute Gasteiger partial charge is 0.338 e. The lowest BCUT2D eigenvalue weighted by atomic mass is 10.2. The summed E-state index contributed by atoms with van der Waals surface area (Å²) in [6.45, 7) is 3.73. The van der Waals surface area contributed by atoms with Crippen LogP contribution in [-0.2, 0) is 14.3 Å². The number of hydrogen-bond acceptors (Lipinski definition) is 5. The van der Waals surface area contributed by atoms with Crippen molar-refractivity contribution >= 4 is 17.8 Å². The van der Waals surface area contributed by atoms with E-state index in [9.17, 15) is 14.4 Å². The number of carbonyl (C=O) groups is 3. The molecule has 1 aromatic rings. The zero-order valence-corrected chi connectivity index (χ0v) is 12.6. The molecule has 0 fully saturated rings. The Labute approximate surface area is 128 Å². The number of nitrogens with two attached hydrogens (primary N) is 1. The second-order valence-corrected chi connectivity index (χ2v) is 4.62. The molecule has 0 aromatic heterocycles. The van der Waals surface area contributed by atoms with Gasteiger partial charge in [0.05, 0.1) is 5.56 Å². The molecule has 0 aliphatic rings. The molecular formula is C15H20N2O5. The van der Waals surface area contributed by atoms with Crippen LogP contribution in [0.3, 0.4) is 0 Å². The summed E-state index contributed by atoms with van der Waals surface area (Å²) in [6, 6.07) is 5.99. The molecular weight excluding hydrogens is 288 g/mol. The molecule has 2 amide bonds. The van der Waals surface area contributed by atoms with Crippen LogP contribution in [0.15, 0.2) is 24.3 Å². The van der Waals surface area contributed by atoms with Gasteiger partial charge in [0.2, 0.25) is 0 Å². The third-order valence-electron chi connectivity index (χ3n) is 2.67. The third-order valence-corrected chi connectivity index (χ3v) is 2.67. The van der Waals surface area contributed by atoms with Gasteiger partial charge in [-0.25, -0.2) is 4.79 Å². The van der Waals surface area contributed by atoms with Crippen molar-refractivity contribution in [3.05, 3.63) is 29.8 Å². The van der Waals surface area contributed by atoms with Gasteiger partial charge in [0.15, 0.2) is 12.7 Å². The topological polar surface area (TPSA) is 108 Å².